The number of ether oxygens (including phenoxy) is 1. The Morgan fingerprint density at radius 1 is 1.11 bits per heavy atom. The molecule has 1 aliphatic heterocycles. The molecule has 0 unspecified atom stereocenters. The van der Waals surface area contributed by atoms with Gasteiger partial charge in [-0.2, -0.15) is 0 Å². The summed E-state index contributed by atoms with van der Waals surface area (Å²) in [5, 5.41) is 3.42. The van der Waals surface area contributed by atoms with Crippen LogP contribution in [0.3, 0.4) is 0 Å². The molecule has 0 spiro atoms. The largest absolute Gasteiger partial charge is 0.497 e. The predicted octanol–water partition coefficient (Wildman–Crippen LogP) is 3.01. The number of nitrogens with one attached hydrogen (secondary N) is 1. The molecule has 3 rings (SSSR count). The molecule has 1 aliphatic rings. The van der Waals surface area contributed by atoms with Gasteiger partial charge in [0.05, 0.1) is 7.11 Å². The third kappa shape index (κ3) is 2.00. The molecule has 0 fully saturated rings. The van der Waals surface area contributed by atoms with Crippen molar-refractivity contribution in [3.05, 3.63) is 53.6 Å². The van der Waals surface area contributed by atoms with Gasteiger partial charge in [0.2, 0.25) is 0 Å². The van der Waals surface area contributed by atoms with E-state index in [-0.39, 0.29) is 0 Å². The molecule has 0 aliphatic carbocycles. The molecule has 0 bridgehead atoms. The Morgan fingerprint density at radius 2 is 1.94 bits per heavy atom. The van der Waals surface area contributed by atoms with E-state index < -0.39 is 0 Å². The normalized spacial score (nSPS) is 14.1. The van der Waals surface area contributed by atoms with Gasteiger partial charge in [-0.3, -0.25) is 0 Å². The van der Waals surface area contributed by atoms with E-state index in [1.165, 1.54) is 22.3 Å². The highest BCUT2D eigenvalue weighted by Crippen LogP contribution is 2.32. The molecule has 0 saturated carbocycles. The Hall–Kier alpha value is -1.80. The average Bonchev–Trinajstić information content (AvgIpc) is 2.47. The molecule has 2 nitrogen and oxygen atoms in total. The van der Waals surface area contributed by atoms with Gasteiger partial charge >= 0.3 is 0 Å². The average molecular weight is 239 g/mol. The van der Waals surface area contributed by atoms with Crippen LogP contribution in [0.1, 0.15) is 11.1 Å². The van der Waals surface area contributed by atoms with Crippen molar-refractivity contribution in [2.75, 3.05) is 13.7 Å². The number of hydrogen-bond donors (Lipinski definition) is 1. The second-order valence-corrected chi connectivity index (χ2v) is 4.61. The first-order valence-corrected chi connectivity index (χ1v) is 6.34. The van der Waals surface area contributed by atoms with Crippen LogP contribution in [0.2, 0.25) is 0 Å². The Kier molecular flexibility index (Phi) is 3.03. The molecule has 0 amide bonds. The Balaban J connectivity index is 2.18. The first-order valence-electron chi connectivity index (χ1n) is 6.34. The standard InChI is InChI=1S/C16H17NO/c1-18-14-9-13-11-17-8-7-15(13)16(10-14)12-5-3-2-4-6-12/h2-6,9-10,17H,7-8,11H2,1H3. The monoisotopic (exact) mass is 239 g/mol. The third-order valence-electron chi connectivity index (χ3n) is 3.50. The van der Waals surface area contributed by atoms with E-state index in [0.717, 1.165) is 25.3 Å². The maximum absolute atomic E-state index is 5.41. The summed E-state index contributed by atoms with van der Waals surface area (Å²) in [5.74, 6) is 0.941. The minimum Gasteiger partial charge on any atom is -0.497 e. The van der Waals surface area contributed by atoms with Crippen molar-refractivity contribution in [1.82, 2.24) is 5.32 Å². The fourth-order valence-electron chi connectivity index (χ4n) is 2.59. The lowest BCUT2D eigenvalue weighted by atomic mass is 9.91. The van der Waals surface area contributed by atoms with Crippen LogP contribution in [0.15, 0.2) is 42.5 Å². The zero-order valence-corrected chi connectivity index (χ0v) is 10.6. The number of rotatable bonds is 2. The lowest BCUT2D eigenvalue weighted by Gasteiger charge is -2.21. The van der Waals surface area contributed by atoms with Crippen LogP contribution in [0.4, 0.5) is 0 Å². The van der Waals surface area contributed by atoms with Gasteiger partial charge in [-0.15, -0.1) is 0 Å². The first kappa shape index (κ1) is 11.3. The van der Waals surface area contributed by atoms with Crippen LogP contribution in [0, 0.1) is 0 Å². The summed E-state index contributed by atoms with van der Waals surface area (Å²) >= 11 is 0. The van der Waals surface area contributed by atoms with Gasteiger partial charge < -0.3 is 10.1 Å². The van der Waals surface area contributed by atoms with Gasteiger partial charge in [0.15, 0.2) is 0 Å². The summed E-state index contributed by atoms with van der Waals surface area (Å²) in [6.45, 7) is 1.99. The molecule has 0 radical (unpaired) electrons. The van der Waals surface area contributed by atoms with E-state index in [9.17, 15) is 0 Å². The maximum Gasteiger partial charge on any atom is 0.119 e. The molecule has 1 N–H and O–H groups in total. The molecule has 92 valence electrons. The lowest BCUT2D eigenvalue weighted by Crippen LogP contribution is -2.24. The zero-order chi connectivity index (χ0) is 12.4. The summed E-state index contributed by atoms with van der Waals surface area (Å²) in [6.07, 6.45) is 1.09. The second kappa shape index (κ2) is 4.83. The van der Waals surface area contributed by atoms with Crippen LogP contribution in [-0.4, -0.2) is 13.7 Å². The van der Waals surface area contributed by atoms with E-state index >= 15 is 0 Å². The highest BCUT2D eigenvalue weighted by molar-refractivity contribution is 5.71. The fourth-order valence-corrected chi connectivity index (χ4v) is 2.59. The van der Waals surface area contributed by atoms with E-state index in [2.05, 4.69) is 47.8 Å². The van der Waals surface area contributed by atoms with Crippen LogP contribution in [0.25, 0.3) is 11.1 Å². The molecule has 0 saturated heterocycles. The summed E-state index contributed by atoms with van der Waals surface area (Å²) in [5.41, 5.74) is 5.40. The van der Waals surface area contributed by atoms with Crippen LogP contribution >= 0.6 is 0 Å². The van der Waals surface area contributed by atoms with Crippen LogP contribution < -0.4 is 10.1 Å². The molecule has 0 atom stereocenters. The smallest absolute Gasteiger partial charge is 0.119 e. The van der Waals surface area contributed by atoms with Crippen LogP contribution in [-0.2, 0) is 13.0 Å². The maximum atomic E-state index is 5.41. The van der Waals surface area contributed by atoms with Crippen molar-refractivity contribution in [3.63, 3.8) is 0 Å². The van der Waals surface area contributed by atoms with Gasteiger partial charge in [-0.25, -0.2) is 0 Å². The molecule has 18 heavy (non-hydrogen) atoms. The van der Waals surface area contributed by atoms with E-state index in [1.807, 2.05) is 0 Å². The van der Waals surface area contributed by atoms with Crippen LogP contribution in [0.5, 0.6) is 5.75 Å². The van der Waals surface area contributed by atoms with E-state index in [1.54, 1.807) is 7.11 Å². The molecule has 0 aromatic heterocycles. The molecule has 1 heterocycles. The topological polar surface area (TPSA) is 21.3 Å². The predicted molar refractivity (Wildman–Crippen MR) is 73.8 cm³/mol. The third-order valence-corrected chi connectivity index (χ3v) is 3.50. The van der Waals surface area contributed by atoms with E-state index in [0.29, 0.717) is 0 Å². The minimum atomic E-state index is 0.937. The van der Waals surface area contributed by atoms with Gasteiger partial charge in [0, 0.05) is 6.54 Å². The number of fused-ring (bicyclic) bond motifs is 1. The SMILES string of the molecule is COc1cc2c(c(-c3ccccc3)c1)CCNC2. The Bertz CT molecular complexity index is 549. The van der Waals surface area contributed by atoms with Crippen molar-refractivity contribution in [1.29, 1.82) is 0 Å². The van der Waals surface area contributed by atoms with Gasteiger partial charge in [-0.1, -0.05) is 30.3 Å². The molecular formula is C16H17NO. The van der Waals surface area contributed by atoms with Crippen molar-refractivity contribution in [2.45, 2.75) is 13.0 Å². The van der Waals surface area contributed by atoms with Crippen molar-refractivity contribution < 1.29 is 4.74 Å². The highest BCUT2D eigenvalue weighted by Gasteiger charge is 2.15. The van der Waals surface area contributed by atoms with Gasteiger partial charge in [-0.05, 0) is 47.4 Å². The number of benzene rings is 2. The van der Waals surface area contributed by atoms with Crippen molar-refractivity contribution in [3.8, 4) is 16.9 Å². The fraction of sp³-hybridized carbons (Fsp3) is 0.250. The summed E-state index contributed by atoms with van der Waals surface area (Å²) in [4.78, 5) is 0. The molecular weight excluding hydrogens is 222 g/mol. The second-order valence-electron chi connectivity index (χ2n) is 4.61. The number of methoxy groups -OCH3 is 1. The van der Waals surface area contributed by atoms with E-state index in [4.69, 9.17) is 4.74 Å². The highest BCUT2D eigenvalue weighted by atomic mass is 16.5. The van der Waals surface area contributed by atoms with Crippen molar-refractivity contribution >= 4 is 0 Å². The zero-order valence-electron chi connectivity index (χ0n) is 10.6. The Morgan fingerprint density at radius 3 is 2.72 bits per heavy atom. The lowest BCUT2D eigenvalue weighted by molar-refractivity contribution is 0.413. The molecule has 2 aromatic rings. The quantitative estimate of drug-likeness (QED) is 0.869. The number of hydrogen-bond acceptors (Lipinski definition) is 2. The molecule has 2 heteroatoms. The summed E-state index contributed by atoms with van der Waals surface area (Å²) < 4.78 is 5.41. The Labute approximate surface area is 108 Å². The molecule has 2 aromatic carbocycles. The minimum absolute atomic E-state index is 0.937. The summed E-state index contributed by atoms with van der Waals surface area (Å²) in [6, 6.07) is 14.9. The van der Waals surface area contributed by atoms with Crippen molar-refractivity contribution in [2.24, 2.45) is 0 Å². The summed E-state index contributed by atoms with van der Waals surface area (Å²) in [7, 11) is 1.73. The van der Waals surface area contributed by atoms with Gasteiger partial charge in [0.1, 0.15) is 5.75 Å². The first-order chi connectivity index (χ1) is 8.88. The van der Waals surface area contributed by atoms with Gasteiger partial charge in [0.25, 0.3) is 0 Å².